The molecule has 0 bridgehead atoms. The van der Waals surface area contributed by atoms with Crippen molar-refractivity contribution in [3.63, 3.8) is 0 Å². The minimum absolute atomic E-state index is 0. The summed E-state index contributed by atoms with van der Waals surface area (Å²) in [4.78, 5) is 11.8. The molecule has 0 unspecified atom stereocenters. The molecule has 0 heterocycles. The van der Waals surface area contributed by atoms with Gasteiger partial charge in [-0.1, -0.05) is 56.3 Å². The Hall–Kier alpha value is -2.04. The number of ether oxygens (including phenoxy) is 2. The average Bonchev–Trinajstić information content (AvgIpc) is 2.60. The van der Waals surface area contributed by atoms with Gasteiger partial charge in [0.15, 0.2) is 0 Å². The maximum Gasteiger partial charge on any atom is 0.323 e. The van der Waals surface area contributed by atoms with Gasteiger partial charge in [0.05, 0.1) is 0 Å². The summed E-state index contributed by atoms with van der Waals surface area (Å²) in [6.45, 7) is 7.54. The minimum atomic E-state index is -0.642. The largest absolute Gasteiger partial charge is 0.486 e. The summed E-state index contributed by atoms with van der Waals surface area (Å²) in [6.07, 6.45) is -0.646. The van der Waals surface area contributed by atoms with E-state index in [1.807, 2.05) is 63.2 Å². The Labute approximate surface area is 162 Å². The predicted octanol–water partition coefficient (Wildman–Crippen LogP) is 4.46. The van der Waals surface area contributed by atoms with Crippen LogP contribution in [-0.2, 0) is 9.53 Å². The average molecular weight is 378 g/mol. The summed E-state index contributed by atoms with van der Waals surface area (Å²) >= 11 is 0. The van der Waals surface area contributed by atoms with Crippen LogP contribution in [0.25, 0.3) is 11.1 Å². The Bertz CT molecular complexity index is 689. The second kappa shape index (κ2) is 10.2. The van der Waals surface area contributed by atoms with Gasteiger partial charge in [-0.05, 0) is 43.0 Å². The van der Waals surface area contributed by atoms with Gasteiger partial charge in [0.25, 0.3) is 0 Å². The summed E-state index contributed by atoms with van der Waals surface area (Å²) in [5, 5.41) is 0. The molecule has 0 aromatic heterocycles. The highest BCUT2D eigenvalue weighted by Gasteiger charge is 2.27. The lowest BCUT2D eigenvalue weighted by molar-refractivity contribution is -0.155. The van der Waals surface area contributed by atoms with Gasteiger partial charge in [0.2, 0.25) is 0 Å². The van der Waals surface area contributed by atoms with E-state index >= 15 is 0 Å². The quantitative estimate of drug-likeness (QED) is 0.723. The van der Waals surface area contributed by atoms with E-state index in [9.17, 15) is 4.79 Å². The van der Waals surface area contributed by atoms with E-state index in [0.717, 1.165) is 16.9 Å². The molecule has 0 saturated carbocycles. The fraction of sp³-hybridized carbons (Fsp3) is 0.381. The molecule has 0 radical (unpaired) electrons. The molecule has 3 atom stereocenters. The molecule has 0 fully saturated rings. The van der Waals surface area contributed by atoms with Gasteiger partial charge in [-0.3, -0.25) is 4.79 Å². The molecule has 2 aromatic carbocycles. The first-order valence-electron chi connectivity index (χ1n) is 8.66. The fourth-order valence-corrected chi connectivity index (χ4v) is 2.67. The zero-order valence-electron chi connectivity index (χ0n) is 15.7. The van der Waals surface area contributed by atoms with Crippen LogP contribution >= 0.6 is 12.4 Å². The minimum Gasteiger partial charge on any atom is -0.486 e. The number of halogens is 1. The molecular weight excluding hydrogens is 350 g/mol. The van der Waals surface area contributed by atoms with Crippen LogP contribution in [0.2, 0.25) is 0 Å². The number of rotatable bonds is 7. The number of nitrogens with two attached hydrogens (primary N) is 1. The van der Waals surface area contributed by atoms with Crippen molar-refractivity contribution in [2.45, 2.75) is 45.9 Å². The Morgan fingerprint density at radius 2 is 1.54 bits per heavy atom. The Morgan fingerprint density at radius 1 is 0.923 bits per heavy atom. The van der Waals surface area contributed by atoms with Crippen LogP contribution in [0.15, 0.2) is 54.6 Å². The summed E-state index contributed by atoms with van der Waals surface area (Å²) in [6, 6.07) is 17.4. The smallest absolute Gasteiger partial charge is 0.323 e. The molecule has 0 aliphatic heterocycles. The van der Waals surface area contributed by atoms with Crippen molar-refractivity contribution in [2.24, 2.45) is 11.7 Å². The van der Waals surface area contributed by atoms with Gasteiger partial charge in [0.1, 0.15) is 24.0 Å². The van der Waals surface area contributed by atoms with Gasteiger partial charge >= 0.3 is 5.97 Å². The van der Waals surface area contributed by atoms with Crippen LogP contribution in [0.1, 0.15) is 27.7 Å². The summed E-state index contributed by atoms with van der Waals surface area (Å²) < 4.78 is 11.6. The molecule has 5 heteroatoms. The van der Waals surface area contributed by atoms with Crippen molar-refractivity contribution >= 4 is 18.4 Å². The Kier molecular flexibility index (Phi) is 8.62. The molecule has 0 aliphatic carbocycles. The van der Waals surface area contributed by atoms with E-state index in [0.29, 0.717) is 0 Å². The molecule has 0 aliphatic rings. The SMILES string of the molecule is CC(C)[C@@H](Oc1cccc(-c2ccccc2)c1)[C@H](C)OC(=O)[C@H](C)N.Cl. The number of hydrogen-bond donors (Lipinski definition) is 1. The van der Waals surface area contributed by atoms with E-state index < -0.39 is 12.0 Å². The van der Waals surface area contributed by atoms with Crippen LogP contribution in [0, 0.1) is 5.92 Å². The van der Waals surface area contributed by atoms with E-state index in [4.69, 9.17) is 15.2 Å². The van der Waals surface area contributed by atoms with Crippen molar-refractivity contribution in [3.05, 3.63) is 54.6 Å². The summed E-state index contributed by atoms with van der Waals surface area (Å²) in [5.74, 6) is 0.514. The molecule has 0 spiro atoms. The third kappa shape index (κ3) is 6.04. The van der Waals surface area contributed by atoms with Gasteiger partial charge in [0, 0.05) is 0 Å². The third-order valence-electron chi connectivity index (χ3n) is 4.01. The van der Waals surface area contributed by atoms with E-state index in [2.05, 4.69) is 12.1 Å². The lowest BCUT2D eigenvalue weighted by Gasteiger charge is -2.28. The zero-order chi connectivity index (χ0) is 18.4. The fourth-order valence-electron chi connectivity index (χ4n) is 2.67. The van der Waals surface area contributed by atoms with E-state index in [1.165, 1.54) is 0 Å². The maximum atomic E-state index is 11.8. The van der Waals surface area contributed by atoms with Gasteiger partial charge in [-0.15, -0.1) is 12.4 Å². The molecular formula is C21H28ClNO3. The van der Waals surface area contributed by atoms with Gasteiger partial charge in [-0.2, -0.15) is 0 Å². The second-order valence-corrected chi connectivity index (χ2v) is 6.65. The maximum absolute atomic E-state index is 11.8. The van der Waals surface area contributed by atoms with Crippen molar-refractivity contribution in [1.29, 1.82) is 0 Å². The number of carbonyl (C=O) groups excluding carboxylic acids is 1. The van der Waals surface area contributed by atoms with Crippen LogP contribution in [0.3, 0.4) is 0 Å². The lowest BCUT2D eigenvalue weighted by atomic mass is 10.0. The number of carbonyl (C=O) groups is 1. The molecule has 2 rings (SSSR count). The van der Waals surface area contributed by atoms with E-state index in [-0.39, 0.29) is 30.5 Å². The monoisotopic (exact) mass is 377 g/mol. The molecule has 142 valence electrons. The van der Waals surface area contributed by atoms with E-state index in [1.54, 1.807) is 6.92 Å². The van der Waals surface area contributed by atoms with Crippen LogP contribution < -0.4 is 10.5 Å². The number of esters is 1. The van der Waals surface area contributed by atoms with Crippen LogP contribution in [0.5, 0.6) is 5.75 Å². The standard InChI is InChI=1S/C21H27NO3.ClH/c1-14(2)20(16(4)24-21(23)15(3)22)25-19-12-8-11-18(13-19)17-9-6-5-7-10-17;/h5-16,20H,22H2,1-4H3;1H/t15-,16-,20+;/m0./s1. The molecule has 0 amide bonds. The molecule has 26 heavy (non-hydrogen) atoms. The molecule has 0 saturated heterocycles. The first kappa shape index (κ1) is 22.0. The third-order valence-corrected chi connectivity index (χ3v) is 4.01. The summed E-state index contributed by atoms with van der Waals surface area (Å²) in [7, 11) is 0. The van der Waals surface area contributed by atoms with Crippen LogP contribution in [-0.4, -0.2) is 24.2 Å². The molecule has 2 N–H and O–H groups in total. The molecule has 4 nitrogen and oxygen atoms in total. The topological polar surface area (TPSA) is 61.5 Å². The molecule has 2 aromatic rings. The zero-order valence-corrected chi connectivity index (χ0v) is 16.5. The second-order valence-electron chi connectivity index (χ2n) is 6.65. The normalized spacial score (nSPS) is 14.1. The first-order valence-corrected chi connectivity index (χ1v) is 8.66. The lowest BCUT2D eigenvalue weighted by Crippen LogP contribution is -2.41. The summed E-state index contributed by atoms with van der Waals surface area (Å²) in [5.41, 5.74) is 7.80. The Morgan fingerprint density at radius 3 is 2.12 bits per heavy atom. The van der Waals surface area contributed by atoms with Crippen molar-refractivity contribution in [3.8, 4) is 16.9 Å². The first-order chi connectivity index (χ1) is 11.9. The number of hydrogen-bond acceptors (Lipinski definition) is 4. The van der Waals surface area contributed by atoms with Gasteiger partial charge < -0.3 is 15.2 Å². The number of benzene rings is 2. The highest BCUT2D eigenvalue weighted by Crippen LogP contribution is 2.26. The Balaban J connectivity index is 0.00000338. The van der Waals surface area contributed by atoms with Gasteiger partial charge in [-0.25, -0.2) is 0 Å². The van der Waals surface area contributed by atoms with Crippen LogP contribution in [0.4, 0.5) is 0 Å². The van der Waals surface area contributed by atoms with Crippen molar-refractivity contribution in [1.82, 2.24) is 0 Å². The highest BCUT2D eigenvalue weighted by molar-refractivity contribution is 5.85. The highest BCUT2D eigenvalue weighted by atomic mass is 35.5. The van der Waals surface area contributed by atoms with Crippen molar-refractivity contribution in [2.75, 3.05) is 0 Å². The predicted molar refractivity (Wildman–Crippen MR) is 108 cm³/mol. The van der Waals surface area contributed by atoms with Crippen molar-refractivity contribution < 1.29 is 14.3 Å².